The molecule has 0 heterocycles. The largest absolute Gasteiger partial charge is 0.353 e. The number of halogens is 1. The van der Waals surface area contributed by atoms with Gasteiger partial charge in [-0.05, 0) is 31.2 Å². The highest BCUT2D eigenvalue weighted by Crippen LogP contribution is 2.23. The summed E-state index contributed by atoms with van der Waals surface area (Å²) >= 11 is 1.71. The van der Waals surface area contributed by atoms with Crippen LogP contribution in [0.25, 0.3) is 0 Å². The maximum atomic E-state index is 13.1. The number of sulfonamides is 1. The number of rotatable bonds is 7. The summed E-state index contributed by atoms with van der Waals surface area (Å²) in [5, 5.41) is 2.75. The number of nitrogens with one attached hydrogen (secondary N) is 1. The molecule has 0 aliphatic carbocycles. The summed E-state index contributed by atoms with van der Waals surface area (Å²) in [5.74, 6) is -0.125. The maximum absolute atomic E-state index is 13.1. The van der Waals surface area contributed by atoms with Crippen molar-refractivity contribution in [1.29, 1.82) is 0 Å². The van der Waals surface area contributed by atoms with Gasteiger partial charge in [-0.25, -0.2) is 12.8 Å². The summed E-state index contributed by atoms with van der Waals surface area (Å²) in [5.41, 5.74) is 0.255. The fourth-order valence-electron chi connectivity index (χ4n) is 2.08. The van der Waals surface area contributed by atoms with Gasteiger partial charge in [0.05, 0.1) is 11.9 Å². The molecule has 1 aromatic carbocycles. The molecule has 8 heteroatoms. The lowest BCUT2D eigenvalue weighted by molar-refractivity contribution is -0.121. The Morgan fingerprint density at radius 1 is 1.29 bits per heavy atom. The normalized spacial score (nSPS) is 13.4. The minimum atomic E-state index is -3.68. The molecule has 5 nitrogen and oxygen atoms in total. The number of hydrogen-bond donors (Lipinski definition) is 1. The third kappa shape index (κ3) is 6.68. The summed E-state index contributed by atoms with van der Waals surface area (Å²) in [6.07, 6.45) is 1.02. The number of hydrogen-bond acceptors (Lipinski definition) is 4. The first-order chi connectivity index (χ1) is 10.9. The highest BCUT2D eigenvalue weighted by molar-refractivity contribution is 8.00. The van der Waals surface area contributed by atoms with Gasteiger partial charge in [0.2, 0.25) is 15.9 Å². The van der Waals surface area contributed by atoms with E-state index in [0.717, 1.165) is 28.4 Å². The predicted octanol–water partition coefficient (Wildman–Crippen LogP) is 2.63. The number of thioether (sulfide) groups is 1. The van der Waals surface area contributed by atoms with Crippen molar-refractivity contribution < 1.29 is 17.6 Å². The van der Waals surface area contributed by atoms with E-state index in [9.17, 15) is 17.6 Å². The van der Waals surface area contributed by atoms with Crippen LogP contribution in [0, 0.1) is 5.82 Å². The minimum Gasteiger partial charge on any atom is -0.353 e. The molecule has 0 radical (unpaired) electrons. The van der Waals surface area contributed by atoms with Crippen molar-refractivity contribution in [2.75, 3.05) is 22.9 Å². The van der Waals surface area contributed by atoms with Crippen LogP contribution in [0.2, 0.25) is 0 Å². The molecular formula is C16H25FN2O3S2. The van der Waals surface area contributed by atoms with Crippen molar-refractivity contribution in [2.24, 2.45) is 0 Å². The Kier molecular flexibility index (Phi) is 7.10. The Hall–Kier alpha value is -1.28. The summed E-state index contributed by atoms with van der Waals surface area (Å²) < 4.78 is 38.3. The fraction of sp³-hybridized carbons (Fsp3) is 0.562. The topological polar surface area (TPSA) is 66.5 Å². The molecule has 1 aromatic rings. The molecule has 0 bridgehead atoms. The van der Waals surface area contributed by atoms with Gasteiger partial charge in [0.25, 0.3) is 0 Å². The molecule has 0 aliphatic rings. The monoisotopic (exact) mass is 376 g/mol. The first kappa shape index (κ1) is 20.8. The van der Waals surface area contributed by atoms with Gasteiger partial charge in [0.1, 0.15) is 11.9 Å². The Morgan fingerprint density at radius 2 is 1.83 bits per heavy atom. The van der Waals surface area contributed by atoms with Crippen molar-refractivity contribution >= 4 is 33.4 Å². The SMILES string of the molecule is CC(C(=O)NCCSC(C)(C)C)N(c1ccc(F)cc1)S(C)(=O)=O. The van der Waals surface area contributed by atoms with Gasteiger partial charge in [-0.15, -0.1) is 0 Å². The predicted molar refractivity (Wildman–Crippen MR) is 98.4 cm³/mol. The molecule has 24 heavy (non-hydrogen) atoms. The molecule has 136 valence electrons. The van der Waals surface area contributed by atoms with E-state index >= 15 is 0 Å². The van der Waals surface area contributed by atoms with Crippen molar-refractivity contribution in [2.45, 2.75) is 38.5 Å². The minimum absolute atomic E-state index is 0.100. The second-order valence-electron chi connectivity index (χ2n) is 6.46. The van der Waals surface area contributed by atoms with Gasteiger partial charge in [-0.3, -0.25) is 9.10 Å². The van der Waals surface area contributed by atoms with Crippen LogP contribution in [0.5, 0.6) is 0 Å². The number of anilines is 1. The average molecular weight is 377 g/mol. The smallest absolute Gasteiger partial charge is 0.243 e. The van der Waals surface area contributed by atoms with Crippen molar-refractivity contribution in [3.8, 4) is 0 Å². The molecule has 1 unspecified atom stereocenters. The number of carbonyl (C=O) groups excluding carboxylic acids is 1. The van der Waals surface area contributed by atoms with E-state index in [4.69, 9.17) is 0 Å². The summed E-state index contributed by atoms with van der Waals surface area (Å²) in [6.45, 7) is 8.22. The molecule has 0 saturated carbocycles. The van der Waals surface area contributed by atoms with E-state index in [2.05, 4.69) is 26.1 Å². The lowest BCUT2D eigenvalue weighted by atomic mass is 10.2. The molecule has 0 saturated heterocycles. The van der Waals surface area contributed by atoms with Crippen molar-refractivity contribution in [1.82, 2.24) is 5.32 Å². The first-order valence-electron chi connectivity index (χ1n) is 7.58. The highest BCUT2D eigenvalue weighted by atomic mass is 32.2. The molecule has 0 aromatic heterocycles. The van der Waals surface area contributed by atoms with Gasteiger partial charge >= 0.3 is 0 Å². The zero-order valence-electron chi connectivity index (χ0n) is 14.7. The van der Waals surface area contributed by atoms with Crippen LogP contribution in [0.3, 0.4) is 0 Å². The van der Waals surface area contributed by atoms with Crippen LogP contribution >= 0.6 is 11.8 Å². The lowest BCUT2D eigenvalue weighted by Crippen LogP contribution is -2.48. The molecule has 0 fully saturated rings. The van der Waals surface area contributed by atoms with Gasteiger partial charge < -0.3 is 5.32 Å². The third-order valence-corrected chi connectivity index (χ3v) is 5.62. The van der Waals surface area contributed by atoms with Crippen molar-refractivity contribution in [3.63, 3.8) is 0 Å². The Morgan fingerprint density at radius 3 is 2.29 bits per heavy atom. The Bertz CT molecular complexity index is 655. The van der Waals surface area contributed by atoms with Gasteiger partial charge in [0.15, 0.2) is 0 Å². The standard InChI is InChI=1S/C16H25FN2O3S2/c1-12(15(20)18-10-11-23-16(2,3)4)19(24(5,21)22)14-8-6-13(17)7-9-14/h6-9,12H,10-11H2,1-5H3,(H,18,20). The summed E-state index contributed by atoms with van der Waals surface area (Å²) in [7, 11) is -3.68. The van der Waals surface area contributed by atoms with Crippen LogP contribution in [-0.2, 0) is 14.8 Å². The third-order valence-electron chi connectivity index (χ3n) is 3.11. The second-order valence-corrected chi connectivity index (χ2v) is 10.2. The van der Waals surface area contributed by atoms with Gasteiger partial charge in [-0.2, -0.15) is 11.8 Å². The van der Waals surface area contributed by atoms with E-state index in [1.54, 1.807) is 11.8 Å². The fourth-order valence-corrected chi connectivity index (χ4v) is 4.07. The second kappa shape index (κ2) is 8.20. The molecular weight excluding hydrogens is 351 g/mol. The number of nitrogens with zero attached hydrogens (tertiary/aromatic N) is 1. The van der Waals surface area contributed by atoms with Crippen molar-refractivity contribution in [3.05, 3.63) is 30.1 Å². The quantitative estimate of drug-likeness (QED) is 0.743. The van der Waals surface area contributed by atoms with Crippen LogP contribution in [0.15, 0.2) is 24.3 Å². The number of carbonyl (C=O) groups is 1. The summed E-state index contributed by atoms with van der Waals surface area (Å²) in [4.78, 5) is 12.3. The first-order valence-corrected chi connectivity index (χ1v) is 10.4. The Balaban J connectivity index is 2.80. The molecule has 1 amide bonds. The summed E-state index contributed by atoms with van der Waals surface area (Å²) in [6, 6.07) is 4.09. The van der Waals surface area contributed by atoms with Crippen LogP contribution < -0.4 is 9.62 Å². The number of benzene rings is 1. The van der Waals surface area contributed by atoms with Crippen LogP contribution in [0.4, 0.5) is 10.1 Å². The van der Waals surface area contributed by atoms with E-state index in [1.807, 2.05) is 0 Å². The van der Waals surface area contributed by atoms with E-state index in [-0.39, 0.29) is 16.3 Å². The number of amides is 1. The lowest BCUT2D eigenvalue weighted by Gasteiger charge is -2.28. The zero-order chi connectivity index (χ0) is 18.5. The zero-order valence-corrected chi connectivity index (χ0v) is 16.3. The van der Waals surface area contributed by atoms with E-state index < -0.39 is 21.9 Å². The van der Waals surface area contributed by atoms with E-state index in [1.165, 1.54) is 19.1 Å². The van der Waals surface area contributed by atoms with Crippen LogP contribution in [-0.4, -0.2) is 43.7 Å². The molecule has 1 rings (SSSR count). The van der Waals surface area contributed by atoms with E-state index in [0.29, 0.717) is 6.54 Å². The average Bonchev–Trinajstić information content (AvgIpc) is 2.43. The maximum Gasteiger partial charge on any atom is 0.243 e. The molecule has 1 atom stereocenters. The van der Waals surface area contributed by atoms with Crippen LogP contribution in [0.1, 0.15) is 27.7 Å². The highest BCUT2D eigenvalue weighted by Gasteiger charge is 2.28. The Labute approximate surface area is 148 Å². The van der Waals surface area contributed by atoms with Gasteiger partial charge in [0, 0.05) is 17.0 Å². The molecule has 1 N–H and O–H groups in total. The molecule has 0 spiro atoms. The van der Waals surface area contributed by atoms with Gasteiger partial charge in [-0.1, -0.05) is 20.8 Å². The molecule has 0 aliphatic heterocycles.